The molecule has 0 atom stereocenters. The molecule has 0 amide bonds. The quantitative estimate of drug-likeness (QED) is 0.217. The number of nitrogens with zero attached hydrogens (tertiary/aromatic N) is 2. The van der Waals surface area contributed by atoms with Crippen molar-refractivity contribution in [2.75, 3.05) is 6.61 Å². The van der Waals surface area contributed by atoms with E-state index < -0.39 is 46.1 Å². The molecule has 1 aromatic heterocycles. The second-order valence-electron chi connectivity index (χ2n) is 4.82. The summed E-state index contributed by atoms with van der Waals surface area (Å²) in [4.78, 5) is 19.4. The number of esters is 1. The number of pyridine rings is 1. The Labute approximate surface area is 145 Å². The molecule has 0 aliphatic carbocycles. The Morgan fingerprint density at radius 3 is 2.50 bits per heavy atom. The maximum atomic E-state index is 13.8. The monoisotopic (exact) mass is 368 g/mol. The Bertz CT molecular complexity index is 880. The van der Waals surface area contributed by atoms with E-state index in [9.17, 15) is 27.5 Å². The van der Waals surface area contributed by atoms with Gasteiger partial charge in [0.05, 0.1) is 18.4 Å². The zero-order chi connectivity index (χ0) is 19.3. The van der Waals surface area contributed by atoms with Gasteiger partial charge >= 0.3 is 5.97 Å². The van der Waals surface area contributed by atoms with Crippen molar-refractivity contribution in [3.63, 3.8) is 0 Å². The van der Waals surface area contributed by atoms with E-state index >= 15 is 0 Å². The van der Waals surface area contributed by atoms with Crippen LogP contribution in [0, 0.1) is 23.3 Å². The zero-order valence-electron chi connectivity index (χ0n) is 13.3. The van der Waals surface area contributed by atoms with Crippen LogP contribution >= 0.6 is 0 Å². The SMILES string of the molecule is CCOC(=O)C(C=Nc1ccc(F)cn1)=C(O)c1cc(F)c(F)cc1F. The van der Waals surface area contributed by atoms with Gasteiger partial charge in [0.25, 0.3) is 0 Å². The highest BCUT2D eigenvalue weighted by atomic mass is 19.2. The molecule has 136 valence electrons. The van der Waals surface area contributed by atoms with Crippen LogP contribution in [-0.2, 0) is 9.53 Å². The summed E-state index contributed by atoms with van der Waals surface area (Å²) in [5.41, 5.74) is -1.38. The van der Waals surface area contributed by atoms with Gasteiger partial charge in [0.2, 0.25) is 0 Å². The van der Waals surface area contributed by atoms with E-state index in [4.69, 9.17) is 4.74 Å². The Kier molecular flexibility index (Phi) is 6.05. The lowest BCUT2D eigenvalue weighted by molar-refractivity contribution is -0.137. The summed E-state index contributed by atoms with van der Waals surface area (Å²) < 4.78 is 57.8. The fraction of sp³-hybridized carbons (Fsp3) is 0.118. The third-order valence-electron chi connectivity index (χ3n) is 3.05. The second-order valence-corrected chi connectivity index (χ2v) is 4.82. The molecule has 0 aliphatic heterocycles. The van der Waals surface area contributed by atoms with E-state index in [-0.39, 0.29) is 18.5 Å². The first-order valence-corrected chi connectivity index (χ1v) is 7.24. The minimum absolute atomic E-state index is 0.0215. The summed E-state index contributed by atoms with van der Waals surface area (Å²) >= 11 is 0. The van der Waals surface area contributed by atoms with Gasteiger partial charge in [-0.1, -0.05) is 0 Å². The molecule has 0 fully saturated rings. The number of aliphatic imine (C=N–C) groups is 1. The summed E-state index contributed by atoms with van der Waals surface area (Å²) in [5, 5.41) is 10.2. The van der Waals surface area contributed by atoms with Crippen molar-refractivity contribution >= 4 is 23.8 Å². The summed E-state index contributed by atoms with van der Waals surface area (Å²) in [5.74, 6) is -6.90. The number of halogens is 4. The van der Waals surface area contributed by atoms with Gasteiger partial charge in [-0.2, -0.15) is 0 Å². The van der Waals surface area contributed by atoms with Crippen LogP contribution in [0.15, 0.2) is 41.0 Å². The molecule has 2 rings (SSSR count). The summed E-state index contributed by atoms with van der Waals surface area (Å²) in [6, 6.07) is 2.86. The molecule has 5 nitrogen and oxygen atoms in total. The summed E-state index contributed by atoms with van der Waals surface area (Å²) in [6.45, 7) is 1.42. The Morgan fingerprint density at radius 2 is 1.88 bits per heavy atom. The minimum Gasteiger partial charge on any atom is -0.506 e. The predicted molar refractivity (Wildman–Crippen MR) is 84.8 cm³/mol. The topological polar surface area (TPSA) is 71.8 Å². The van der Waals surface area contributed by atoms with Crippen molar-refractivity contribution in [2.45, 2.75) is 6.92 Å². The summed E-state index contributed by atoms with van der Waals surface area (Å²) in [7, 11) is 0. The molecular weight excluding hydrogens is 356 g/mol. The lowest BCUT2D eigenvalue weighted by Gasteiger charge is -2.08. The fourth-order valence-electron chi connectivity index (χ4n) is 1.84. The molecule has 1 N–H and O–H groups in total. The van der Waals surface area contributed by atoms with E-state index in [2.05, 4.69) is 9.98 Å². The molecule has 1 aromatic carbocycles. The van der Waals surface area contributed by atoms with Gasteiger partial charge in [-0.05, 0) is 25.1 Å². The zero-order valence-corrected chi connectivity index (χ0v) is 13.3. The van der Waals surface area contributed by atoms with Crippen LogP contribution in [0.3, 0.4) is 0 Å². The number of ether oxygens (including phenoxy) is 1. The number of hydrogen-bond acceptors (Lipinski definition) is 5. The number of carbonyl (C=O) groups is 1. The standard InChI is InChI=1S/C17H12F4N2O3/c1-2-26-17(25)11(8-23-15-4-3-9(18)7-22-15)16(24)10-5-13(20)14(21)6-12(10)19/h3-8,24H,2H2,1H3. The number of aromatic nitrogens is 1. The number of rotatable bonds is 5. The first-order chi connectivity index (χ1) is 12.3. The van der Waals surface area contributed by atoms with Gasteiger partial charge < -0.3 is 9.84 Å². The fourth-order valence-corrected chi connectivity index (χ4v) is 1.84. The van der Waals surface area contributed by atoms with Crippen LogP contribution in [0.25, 0.3) is 5.76 Å². The molecule has 1 heterocycles. The van der Waals surface area contributed by atoms with Gasteiger partial charge in [-0.25, -0.2) is 32.3 Å². The van der Waals surface area contributed by atoms with Crippen molar-refractivity contribution in [1.29, 1.82) is 0 Å². The Morgan fingerprint density at radius 1 is 1.19 bits per heavy atom. The number of carbonyl (C=O) groups excluding carboxylic acids is 1. The number of hydrogen-bond donors (Lipinski definition) is 1. The Balaban J connectivity index is 2.52. The number of benzene rings is 1. The lowest BCUT2D eigenvalue weighted by atomic mass is 10.1. The molecule has 0 spiro atoms. The van der Waals surface area contributed by atoms with Crippen molar-refractivity contribution < 1.29 is 32.2 Å². The average Bonchev–Trinajstić information content (AvgIpc) is 2.60. The van der Waals surface area contributed by atoms with Crippen LogP contribution in [-0.4, -0.2) is 28.9 Å². The minimum atomic E-state index is -1.46. The molecule has 0 bridgehead atoms. The van der Waals surface area contributed by atoms with Crippen molar-refractivity contribution in [1.82, 2.24) is 4.98 Å². The molecule has 26 heavy (non-hydrogen) atoms. The van der Waals surface area contributed by atoms with E-state index in [1.165, 1.54) is 13.0 Å². The summed E-state index contributed by atoms with van der Waals surface area (Å²) in [6.07, 6.45) is 1.67. The predicted octanol–water partition coefficient (Wildman–Crippen LogP) is 3.87. The van der Waals surface area contributed by atoms with E-state index in [0.717, 1.165) is 18.5 Å². The van der Waals surface area contributed by atoms with E-state index in [1.807, 2.05) is 0 Å². The van der Waals surface area contributed by atoms with Crippen LogP contribution < -0.4 is 0 Å². The molecule has 0 saturated carbocycles. The Hall–Kier alpha value is -3.23. The molecule has 0 saturated heterocycles. The van der Waals surface area contributed by atoms with Crippen LogP contribution in [0.5, 0.6) is 0 Å². The maximum Gasteiger partial charge on any atom is 0.343 e. The van der Waals surface area contributed by atoms with Crippen LogP contribution in [0.4, 0.5) is 23.4 Å². The normalized spacial score (nSPS) is 12.2. The third-order valence-corrected chi connectivity index (χ3v) is 3.05. The van der Waals surface area contributed by atoms with Gasteiger partial charge in [-0.3, -0.25) is 0 Å². The van der Waals surface area contributed by atoms with Crippen molar-refractivity contribution in [2.24, 2.45) is 4.99 Å². The third kappa shape index (κ3) is 4.44. The molecule has 0 aliphatic rings. The smallest absolute Gasteiger partial charge is 0.343 e. The number of aliphatic hydroxyl groups is 1. The lowest BCUT2D eigenvalue weighted by Crippen LogP contribution is -2.12. The first-order valence-electron chi connectivity index (χ1n) is 7.24. The van der Waals surface area contributed by atoms with Gasteiger partial charge in [0.15, 0.2) is 17.5 Å². The van der Waals surface area contributed by atoms with Crippen LogP contribution in [0.2, 0.25) is 0 Å². The molecule has 0 radical (unpaired) electrons. The maximum absolute atomic E-state index is 13.8. The first kappa shape index (κ1) is 19.1. The van der Waals surface area contributed by atoms with Crippen LogP contribution in [0.1, 0.15) is 12.5 Å². The highest BCUT2D eigenvalue weighted by Crippen LogP contribution is 2.23. The highest BCUT2D eigenvalue weighted by Gasteiger charge is 2.21. The number of aliphatic hydroxyl groups excluding tert-OH is 1. The van der Waals surface area contributed by atoms with E-state index in [1.54, 1.807) is 0 Å². The average molecular weight is 368 g/mol. The molecular formula is C17H12F4N2O3. The van der Waals surface area contributed by atoms with Gasteiger partial charge in [0, 0.05) is 12.3 Å². The highest BCUT2D eigenvalue weighted by molar-refractivity contribution is 6.15. The van der Waals surface area contributed by atoms with Gasteiger partial charge in [0.1, 0.15) is 23.0 Å². The van der Waals surface area contributed by atoms with Gasteiger partial charge in [-0.15, -0.1) is 0 Å². The van der Waals surface area contributed by atoms with E-state index in [0.29, 0.717) is 6.07 Å². The molecule has 0 unspecified atom stereocenters. The van der Waals surface area contributed by atoms with Crippen molar-refractivity contribution in [3.8, 4) is 0 Å². The second kappa shape index (κ2) is 8.24. The molecule has 2 aromatic rings. The largest absolute Gasteiger partial charge is 0.506 e. The van der Waals surface area contributed by atoms with Crippen molar-refractivity contribution in [3.05, 3.63) is 64.9 Å². The molecule has 9 heteroatoms.